The van der Waals surface area contributed by atoms with Crippen LogP contribution in [0, 0.1) is 6.92 Å². The van der Waals surface area contributed by atoms with Gasteiger partial charge in [0.1, 0.15) is 15.8 Å². The molecule has 0 atom stereocenters. The summed E-state index contributed by atoms with van der Waals surface area (Å²) in [6.07, 6.45) is 4.31. The van der Waals surface area contributed by atoms with Gasteiger partial charge in [-0.3, -0.25) is 9.69 Å². The largest absolute Gasteiger partial charge is 0.493 e. The van der Waals surface area contributed by atoms with Crippen molar-refractivity contribution >= 4 is 40.3 Å². The summed E-state index contributed by atoms with van der Waals surface area (Å²) in [6, 6.07) is 15.7. The maximum absolute atomic E-state index is 12.4. The number of carbonyl (C=O) groups is 1. The molecule has 0 radical (unpaired) electrons. The number of aryl methyl sites for hydroxylation is 1. The third kappa shape index (κ3) is 5.95. The van der Waals surface area contributed by atoms with Gasteiger partial charge in [-0.15, -0.1) is 6.58 Å². The highest BCUT2D eigenvalue weighted by molar-refractivity contribution is 8.26. The molecule has 1 amide bonds. The second-order valence-electron chi connectivity index (χ2n) is 6.52. The summed E-state index contributed by atoms with van der Waals surface area (Å²) < 4.78 is 12.1. The SMILES string of the molecule is C=CCN1C(=O)C(=Cc2ccc(OCCCOc3cccc(C)c3)cc2)SC1=S. The van der Waals surface area contributed by atoms with Gasteiger partial charge in [0.25, 0.3) is 5.91 Å². The minimum Gasteiger partial charge on any atom is -0.493 e. The van der Waals surface area contributed by atoms with Crippen LogP contribution in [0.15, 0.2) is 66.1 Å². The van der Waals surface area contributed by atoms with Crippen LogP contribution < -0.4 is 9.47 Å². The van der Waals surface area contributed by atoms with Crippen LogP contribution >= 0.6 is 24.0 Å². The highest BCUT2D eigenvalue weighted by Gasteiger charge is 2.30. The summed E-state index contributed by atoms with van der Waals surface area (Å²) in [5.41, 5.74) is 2.11. The van der Waals surface area contributed by atoms with Gasteiger partial charge in [-0.05, 0) is 48.4 Å². The number of benzene rings is 2. The summed E-state index contributed by atoms with van der Waals surface area (Å²) in [6.45, 7) is 7.32. The van der Waals surface area contributed by atoms with E-state index < -0.39 is 0 Å². The zero-order chi connectivity index (χ0) is 20.6. The van der Waals surface area contributed by atoms with Gasteiger partial charge in [0.05, 0.1) is 18.1 Å². The van der Waals surface area contributed by atoms with Crippen LogP contribution in [0.4, 0.5) is 0 Å². The number of nitrogens with zero attached hydrogens (tertiary/aromatic N) is 1. The number of hydrogen-bond donors (Lipinski definition) is 0. The smallest absolute Gasteiger partial charge is 0.266 e. The van der Waals surface area contributed by atoms with Crippen LogP contribution in [0.25, 0.3) is 6.08 Å². The second-order valence-corrected chi connectivity index (χ2v) is 8.19. The molecule has 0 N–H and O–H groups in total. The Balaban J connectivity index is 1.46. The van der Waals surface area contributed by atoms with Crippen molar-refractivity contribution in [1.29, 1.82) is 0 Å². The van der Waals surface area contributed by atoms with Crippen LogP contribution in [0.1, 0.15) is 17.5 Å². The van der Waals surface area contributed by atoms with E-state index in [1.807, 2.05) is 61.5 Å². The molecule has 150 valence electrons. The van der Waals surface area contributed by atoms with Gasteiger partial charge in [0, 0.05) is 13.0 Å². The van der Waals surface area contributed by atoms with Gasteiger partial charge in [0.15, 0.2) is 0 Å². The first kappa shape index (κ1) is 21.1. The highest BCUT2D eigenvalue weighted by Crippen LogP contribution is 2.32. The number of ether oxygens (including phenoxy) is 2. The Morgan fingerprint density at radius 2 is 1.83 bits per heavy atom. The standard InChI is InChI=1S/C23H23NO3S2/c1-3-12-24-22(25)21(29-23(24)28)16-18-8-10-19(11-9-18)26-13-5-14-27-20-7-4-6-17(2)15-20/h3-4,6-11,15-16H,1,5,12-14H2,2H3. The Kier molecular flexibility index (Phi) is 7.49. The summed E-state index contributed by atoms with van der Waals surface area (Å²) >= 11 is 6.57. The molecule has 1 saturated heterocycles. The normalized spacial score (nSPS) is 15.1. The van der Waals surface area contributed by atoms with E-state index in [0.717, 1.165) is 23.5 Å². The van der Waals surface area contributed by atoms with Crippen LogP contribution in [-0.4, -0.2) is 34.9 Å². The predicted molar refractivity (Wildman–Crippen MR) is 123 cm³/mol. The molecule has 6 heteroatoms. The second kappa shape index (κ2) is 10.3. The lowest BCUT2D eigenvalue weighted by molar-refractivity contribution is -0.121. The van der Waals surface area contributed by atoms with E-state index in [1.165, 1.54) is 17.3 Å². The maximum atomic E-state index is 12.4. The quantitative estimate of drug-likeness (QED) is 0.238. The van der Waals surface area contributed by atoms with Crippen molar-refractivity contribution in [3.8, 4) is 11.5 Å². The van der Waals surface area contributed by atoms with Crippen LogP contribution in [0.2, 0.25) is 0 Å². The molecule has 1 heterocycles. The van der Waals surface area contributed by atoms with Crippen molar-refractivity contribution in [3.05, 3.63) is 77.2 Å². The topological polar surface area (TPSA) is 38.8 Å². The Hall–Kier alpha value is -2.57. The Morgan fingerprint density at radius 3 is 2.52 bits per heavy atom. The van der Waals surface area contributed by atoms with E-state index in [0.29, 0.717) is 29.0 Å². The molecule has 1 aliphatic heterocycles. The number of amides is 1. The van der Waals surface area contributed by atoms with Crippen molar-refractivity contribution in [2.24, 2.45) is 0 Å². The van der Waals surface area contributed by atoms with Crippen molar-refractivity contribution in [3.63, 3.8) is 0 Å². The van der Waals surface area contributed by atoms with Gasteiger partial charge in [-0.25, -0.2) is 0 Å². The predicted octanol–water partition coefficient (Wildman–Crippen LogP) is 5.23. The fourth-order valence-electron chi connectivity index (χ4n) is 2.74. The zero-order valence-electron chi connectivity index (χ0n) is 16.3. The fourth-order valence-corrected chi connectivity index (χ4v) is 4.02. The Labute approximate surface area is 181 Å². The summed E-state index contributed by atoms with van der Waals surface area (Å²) in [5.74, 6) is 1.60. The van der Waals surface area contributed by atoms with E-state index in [9.17, 15) is 4.79 Å². The van der Waals surface area contributed by atoms with Crippen LogP contribution in [-0.2, 0) is 4.79 Å². The lowest BCUT2D eigenvalue weighted by atomic mass is 10.2. The van der Waals surface area contributed by atoms with Crippen molar-refractivity contribution in [1.82, 2.24) is 4.90 Å². The molecule has 3 rings (SSSR count). The van der Waals surface area contributed by atoms with E-state index in [2.05, 4.69) is 6.58 Å². The van der Waals surface area contributed by atoms with Gasteiger partial charge in [-0.1, -0.05) is 54.3 Å². The minimum atomic E-state index is -0.0752. The summed E-state index contributed by atoms with van der Waals surface area (Å²) in [7, 11) is 0. The van der Waals surface area contributed by atoms with E-state index in [4.69, 9.17) is 21.7 Å². The summed E-state index contributed by atoms with van der Waals surface area (Å²) in [4.78, 5) is 14.5. The first-order chi connectivity index (χ1) is 14.1. The molecule has 0 unspecified atom stereocenters. The van der Waals surface area contributed by atoms with Gasteiger partial charge < -0.3 is 9.47 Å². The van der Waals surface area contributed by atoms with Crippen LogP contribution in [0.5, 0.6) is 11.5 Å². The molecule has 0 aliphatic carbocycles. The molecule has 4 nitrogen and oxygen atoms in total. The molecule has 2 aromatic carbocycles. The molecule has 1 fully saturated rings. The first-order valence-corrected chi connectivity index (χ1v) is 10.6. The average Bonchev–Trinajstić information content (AvgIpc) is 2.97. The third-order valence-corrected chi connectivity index (χ3v) is 5.56. The lowest BCUT2D eigenvalue weighted by Gasteiger charge is -2.10. The lowest BCUT2D eigenvalue weighted by Crippen LogP contribution is -2.27. The highest BCUT2D eigenvalue weighted by atomic mass is 32.2. The molecule has 0 bridgehead atoms. The van der Waals surface area contributed by atoms with Gasteiger partial charge in [0.2, 0.25) is 0 Å². The van der Waals surface area contributed by atoms with E-state index in [-0.39, 0.29) is 5.91 Å². The fraction of sp³-hybridized carbons (Fsp3) is 0.217. The molecule has 1 aliphatic rings. The van der Waals surface area contributed by atoms with Gasteiger partial charge >= 0.3 is 0 Å². The van der Waals surface area contributed by atoms with Crippen LogP contribution in [0.3, 0.4) is 0 Å². The zero-order valence-corrected chi connectivity index (χ0v) is 17.9. The monoisotopic (exact) mass is 425 g/mol. The first-order valence-electron chi connectivity index (χ1n) is 9.35. The summed E-state index contributed by atoms with van der Waals surface area (Å²) in [5, 5.41) is 0. The van der Waals surface area contributed by atoms with E-state index >= 15 is 0 Å². The van der Waals surface area contributed by atoms with E-state index in [1.54, 1.807) is 11.0 Å². The molecule has 29 heavy (non-hydrogen) atoms. The van der Waals surface area contributed by atoms with Gasteiger partial charge in [-0.2, -0.15) is 0 Å². The number of rotatable bonds is 9. The molecule has 0 spiro atoms. The molecule has 0 saturated carbocycles. The minimum absolute atomic E-state index is 0.0752. The Morgan fingerprint density at radius 1 is 1.10 bits per heavy atom. The number of thioether (sulfide) groups is 1. The Bertz CT molecular complexity index is 922. The molecular weight excluding hydrogens is 402 g/mol. The van der Waals surface area contributed by atoms with Crippen molar-refractivity contribution in [2.75, 3.05) is 19.8 Å². The van der Waals surface area contributed by atoms with Crippen molar-refractivity contribution < 1.29 is 14.3 Å². The number of thiocarbonyl (C=S) groups is 1. The molecular formula is C23H23NO3S2. The third-order valence-electron chi connectivity index (χ3n) is 4.18. The number of hydrogen-bond acceptors (Lipinski definition) is 5. The average molecular weight is 426 g/mol. The maximum Gasteiger partial charge on any atom is 0.266 e. The van der Waals surface area contributed by atoms with Crippen molar-refractivity contribution in [2.45, 2.75) is 13.3 Å². The molecule has 0 aromatic heterocycles. The number of carbonyl (C=O) groups excluding carboxylic acids is 1. The molecule has 2 aromatic rings.